The number of aryl methyl sites for hydroxylation is 1. The summed E-state index contributed by atoms with van der Waals surface area (Å²) in [4.78, 5) is 12.6. The van der Waals surface area contributed by atoms with Gasteiger partial charge >= 0.3 is 0 Å². The highest BCUT2D eigenvalue weighted by Crippen LogP contribution is 2.09. The fraction of sp³-hybridized carbons (Fsp3) is 0.364. The first-order chi connectivity index (χ1) is 7.85. The predicted octanol–water partition coefficient (Wildman–Crippen LogP) is 1.07. The molecule has 2 aromatic heterocycles. The maximum absolute atomic E-state index is 5.60. The zero-order valence-corrected chi connectivity index (χ0v) is 9.30. The van der Waals surface area contributed by atoms with Gasteiger partial charge in [-0.25, -0.2) is 15.0 Å². The predicted molar refractivity (Wildman–Crippen MR) is 61.0 cm³/mol. The van der Waals surface area contributed by atoms with Crippen molar-refractivity contribution in [3.63, 3.8) is 0 Å². The van der Waals surface area contributed by atoms with Gasteiger partial charge in [0.05, 0.1) is 6.54 Å². The van der Waals surface area contributed by atoms with Gasteiger partial charge in [0.25, 0.3) is 0 Å². The van der Waals surface area contributed by atoms with E-state index in [1.54, 1.807) is 12.5 Å². The number of nitrogens with zero attached hydrogens (tertiary/aromatic N) is 4. The molecule has 2 aromatic rings. The van der Waals surface area contributed by atoms with Crippen LogP contribution < -0.4 is 5.73 Å². The number of imidazole rings is 1. The highest BCUT2D eigenvalue weighted by molar-refractivity contribution is 5.25. The second-order valence-electron chi connectivity index (χ2n) is 3.54. The average Bonchev–Trinajstić information content (AvgIpc) is 2.78. The minimum absolute atomic E-state index is 0.403. The monoisotopic (exact) mass is 217 g/mol. The summed E-state index contributed by atoms with van der Waals surface area (Å²) in [5.41, 5.74) is 6.65. The molecule has 2 heterocycles. The van der Waals surface area contributed by atoms with Gasteiger partial charge in [-0.1, -0.05) is 13.3 Å². The fourth-order valence-electron chi connectivity index (χ4n) is 1.60. The van der Waals surface area contributed by atoms with E-state index in [2.05, 4.69) is 21.9 Å². The van der Waals surface area contributed by atoms with Crippen molar-refractivity contribution in [1.29, 1.82) is 0 Å². The molecule has 0 saturated heterocycles. The van der Waals surface area contributed by atoms with Crippen LogP contribution in [0.2, 0.25) is 0 Å². The summed E-state index contributed by atoms with van der Waals surface area (Å²) in [7, 11) is 0. The molecule has 0 radical (unpaired) electrons. The Kier molecular flexibility index (Phi) is 3.26. The topological polar surface area (TPSA) is 69.6 Å². The second-order valence-corrected chi connectivity index (χ2v) is 3.54. The molecule has 84 valence electrons. The molecule has 0 aromatic carbocycles. The standard InChI is InChI=1S/C11H15N5/c1-2-3-9-6-10(15-8-14-9)16-5-4-13-11(16)7-12/h4-6,8H,2-3,7,12H2,1H3. The molecule has 0 saturated carbocycles. The Morgan fingerprint density at radius 2 is 2.19 bits per heavy atom. The van der Waals surface area contributed by atoms with E-state index in [1.165, 1.54) is 0 Å². The number of hydrogen-bond acceptors (Lipinski definition) is 4. The Morgan fingerprint density at radius 3 is 2.94 bits per heavy atom. The van der Waals surface area contributed by atoms with E-state index >= 15 is 0 Å². The molecular weight excluding hydrogens is 202 g/mol. The molecule has 0 spiro atoms. The lowest BCUT2D eigenvalue weighted by atomic mass is 10.2. The summed E-state index contributed by atoms with van der Waals surface area (Å²) in [5, 5.41) is 0. The first-order valence-electron chi connectivity index (χ1n) is 5.38. The smallest absolute Gasteiger partial charge is 0.141 e. The zero-order valence-electron chi connectivity index (χ0n) is 9.30. The molecule has 2 rings (SSSR count). The summed E-state index contributed by atoms with van der Waals surface area (Å²) in [6.45, 7) is 2.53. The third-order valence-corrected chi connectivity index (χ3v) is 2.36. The lowest BCUT2D eigenvalue weighted by molar-refractivity contribution is 0.822. The molecule has 5 heteroatoms. The highest BCUT2D eigenvalue weighted by Gasteiger charge is 2.05. The van der Waals surface area contributed by atoms with Crippen LogP contribution in [0, 0.1) is 0 Å². The van der Waals surface area contributed by atoms with E-state index in [0.29, 0.717) is 6.54 Å². The minimum atomic E-state index is 0.403. The summed E-state index contributed by atoms with van der Waals surface area (Å²) < 4.78 is 1.89. The number of rotatable bonds is 4. The minimum Gasteiger partial charge on any atom is -0.324 e. The van der Waals surface area contributed by atoms with Crippen molar-refractivity contribution in [2.24, 2.45) is 5.73 Å². The van der Waals surface area contributed by atoms with Crippen molar-refractivity contribution in [3.05, 3.63) is 36.3 Å². The summed E-state index contributed by atoms with van der Waals surface area (Å²) >= 11 is 0. The Morgan fingerprint density at radius 1 is 1.31 bits per heavy atom. The van der Waals surface area contributed by atoms with Crippen LogP contribution in [0.25, 0.3) is 5.82 Å². The van der Waals surface area contributed by atoms with Gasteiger partial charge in [0.15, 0.2) is 0 Å². The molecule has 0 amide bonds. The summed E-state index contributed by atoms with van der Waals surface area (Å²) in [5.74, 6) is 1.64. The van der Waals surface area contributed by atoms with Gasteiger partial charge < -0.3 is 5.73 Å². The van der Waals surface area contributed by atoms with Gasteiger partial charge in [-0.2, -0.15) is 0 Å². The Hall–Kier alpha value is -1.75. The molecule has 0 aliphatic carbocycles. The van der Waals surface area contributed by atoms with Crippen molar-refractivity contribution in [3.8, 4) is 5.82 Å². The van der Waals surface area contributed by atoms with Gasteiger partial charge in [0.2, 0.25) is 0 Å². The number of nitrogens with two attached hydrogens (primary N) is 1. The molecule has 0 atom stereocenters. The van der Waals surface area contributed by atoms with E-state index in [-0.39, 0.29) is 0 Å². The quantitative estimate of drug-likeness (QED) is 0.831. The van der Waals surface area contributed by atoms with Gasteiger partial charge in [0.1, 0.15) is 18.0 Å². The highest BCUT2D eigenvalue weighted by atomic mass is 15.1. The lowest BCUT2D eigenvalue weighted by Gasteiger charge is -2.06. The van der Waals surface area contributed by atoms with Crippen LogP contribution in [-0.4, -0.2) is 19.5 Å². The van der Waals surface area contributed by atoms with Gasteiger partial charge in [-0.15, -0.1) is 0 Å². The summed E-state index contributed by atoms with van der Waals surface area (Å²) in [6, 6.07) is 1.98. The van der Waals surface area contributed by atoms with Crippen molar-refractivity contribution < 1.29 is 0 Å². The first-order valence-corrected chi connectivity index (χ1v) is 5.38. The first kappa shape index (κ1) is 10.8. The van der Waals surface area contributed by atoms with E-state index < -0.39 is 0 Å². The Bertz CT molecular complexity index is 463. The number of aromatic nitrogens is 4. The van der Waals surface area contributed by atoms with E-state index in [4.69, 9.17) is 5.73 Å². The van der Waals surface area contributed by atoms with Crippen LogP contribution in [0.1, 0.15) is 24.9 Å². The van der Waals surface area contributed by atoms with Gasteiger partial charge in [-0.3, -0.25) is 4.57 Å². The molecule has 2 N–H and O–H groups in total. The van der Waals surface area contributed by atoms with Gasteiger partial charge in [0, 0.05) is 24.2 Å². The maximum Gasteiger partial charge on any atom is 0.141 e. The van der Waals surface area contributed by atoms with Crippen molar-refractivity contribution in [2.75, 3.05) is 0 Å². The third-order valence-electron chi connectivity index (χ3n) is 2.36. The average molecular weight is 217 g/mol. The van der Waals surface area contributed by atoms with E-state index in [0.717, 1.165) is 30.2 Å². The van der Waals surface area contributed by atoms with Crippen LogP contribution in [0.4, 0.5) is 0 Å². The number of hydrogen-bond donors (Lipinski definition) is 1. The Balaban J connectivity index is 2.36. The lowest BCUT2D eigenvalue weighted by Crippen LogP contribution is -2.08. The molecule has 0 aliphatic rings. The fourth-order valence-corrected chi connectivity index (χ4v) is 1.60. The van der Waals surface area contributed by atoms with E-state index in [1.807, 2.05) is 16.8 Å². The largest absolute Gasteiger partial charge is 0.324 e. The normalized spacial score (nSPS) is 10.6. The zero-order chi connectivity index (χ0) is 11.4. The molecule has 5 nitrogen and oxygen atoms in total. The second kappa shape index (κ2) is 4.85. The van der Waals surface area contributed by atoms with Crippen LogP contribution >= 0.6 is 0 Å². The van der Waals surface area contributed by atoms with Crippen LogP contribution in [0.15, 0.2) is 24.8 Å². The van der Waals surface area contributed by atoms with Crippen molar-refractivity contribution >= 4 is 0 Å². The molecule has 0 aliphatic heterocycles. The van der Waals surface area contributed by atoms with Crippen molar-refractivity contribution in [1.82, 2.24) is 19.5 Å². The summed E-state index contributed by atoms with van der Waals surface area (Å²) in [6.07, 6.45) is 7.21. The Labute approximate surface area is 94.4 Å². The third kappa shape index (κ3) is 2.09. The SMILES string of the molecule is CCCc1cc(-n2ccnc2CN)ncn1. The molecular formula is C11H15N5. The molecule has 0 bridgehead atoms. The molecule has 0 unspecified atom stereocenters. The van der Waals surface area contributed by atoms with Crippen LogP contribution in [0.5, 0.6) is 0 Å². The molecule has 0 fully saturated rings. The van der Waals surface area contributed by atoms with Gasteiger partial charge in [-0.05, 0) is 6.42 Å². The van der Waals surface area contributed by atoms with Crippen LogP contribution in [0.3, 0.4) is 0 Å². The maximum atomic E-state index is 5.60. The van der Waals surface area contributed by atoms with E-state index in [9.17, 15) is 0 Å². The molecule has 16 heavy (non-hydrogen) atoms. The van der Waals surface area contributed by atoms with Crippen LogP contribution in [-0.2, 0) is 13.0 Å². The van der Waals surface area contributed by atoms with Crippen molar-refractivity contribution in [2.45, 2.75) is 26.3 Å².